The fourth-order valence-corrected chi connectivity index (χ4v) is 4.47. The zero-order valence-corrected chi connectivity index (χ0v) is 13.0. The number of carbonyl (C=O) groups excluding carboxylic acids is 2. The van der Waals surface area contributed by atoms with E-state index in [1.807, 2.05) is 4.90 Å². The van der Waals surface area contributed by atoms with Gasteiger partial charge in [0.15, 0.2) is 0 Å². The Hall–Kier alpha value is -1.40. The van der Waals surface area contributed by atoms with Crippen molar-refractivity contribution in [3.63, 3.8) is 0 Å². The van der Waals surface area contributed by atoms with Gasteiger partial charge in [0.2, 0.25) is 5.91 Å². The molecule has 0 atom stereocenters. The van der Waals surface area contributed by atoms with E-state index in [9.17, 15) is 9.59 Å². The molecular formula is C15H19N3O2S. The molecule has 3 heterocycles. The van der Waals surface area contributed by atoms with Crippen LogP contribution in [0.5, 0.6) is 0 Å². The first-order valence-electron chi connectivity index (χ1n) is 7.56. The molecule has 3 aliphatic rings. The van der Waals surface area contributed by atoms with Crippen LogP contribution in [-0.2, 0) is 17.8 Å². The maximum absolute atomic E-state index is 12.7. The first kappa shape index (κ1) is 13.3. The molecule has 1 aliphatic carbocycles. The molecule has 0 aromatic carbocycles. The van der Waals surface area contributed by atoms with Gasteiger partial charge in [-0.3, -0.25) is 9.59 Å². The lowest BCUT2D eigenvalue weighted by atomic mass is 10.0. The van der Waals surface area contributed by atoms with E-state index in [2.05, 4.69) is 5.32 Å². The van der Waals surface area contributed by atoms with Gasteiger partial charge in [0.25, 0.3) is 5.91 Å². The molecule has 0 spiro atoms. The van der Waals surface area contributed by atoms with Crippen molar-refractivity contribution < 1.29 is 9.59 Å². The first-order chi connectivity index (χ1) is 10.1. The summed E-state index contributed by atoms with van der Waals surface area (Å²) in [5.74, 6) is 0.691. The summed E-state index contributed by atoms with van der Waals surface area (Å²) < 4.78 is 0. The van der Waals surface area contributed by atoms with Crippen LogP contribution in [0.1, 0.15) is 33.6 Å². The molecule has 4 rings (SSSR count). The maximum atomic E-state index is 12.7. The standard InChI is InChI=1S/C15H19N3O2S/c1-17-8-12(19)18(7-9-2-3-9)15-13(14(17)20)10-4-5-16-6-11(10)21-15/h9,16H,2-8H2,1H3. The average molecular weight is 305 g/mol. The molecule has 0 radical (unpaired) electrons. The molecule has 0 unspecified atom stereocenters. The summed E-state index contributed by atoms with van der Waals surface area (Å²) in [5, 5.41) is 4.25. The molecule has 1 fully saturated rings. The third kappa shape index (κ3) is 2.17. The van der Waals surface area contributed by atoms with Crippen LogP contribution >= 0.6 is 11.3 Å². The number of hydrogen-bond donors (Lipinski definition) is 1. The molecule has 1 aromatic rings. The van der Waals surface area contributed by atoms with E-state index in [1.165, 1.54) is 23.3 Å². The number of amides is 2. The van der Waals surface area contributed by atoms with Gasteiger partial charge in [-0.2, -0.15) is 0 Å². The number of rotatable bonds is 2. The highest BCUT2D eigenvalue weighted by molar-refractivity contribution is 7.17. The number of thiophene rings is 1. The third-order valence-electron chi connectivity index (χ3n) is 4.53. The van der Waals surface area contributed by atoms with Crippen molar-refractivity contribution in [2.75, 3.05) is 31.6 Å². The Labute approximate surface area is 127 Å². The Morgan fingerprint density at radius 3 is 2.90 bits per heavy atom. The molecule has 6 heteroatoms. The number of fused-ring (bicyclic) bond motifs is 3. The topological polar surface area (TPSA) is 52.7 Å². The highest BCUT2D eigenvalue weighted by atomic mass is 32.1. The minimum Gasteiger partial charge on any atom is -0.332 e. The van der Waals surface area contributed by atoms with Crippen LogP contribution in [0.25, 0.3) is 0 Å². The molecule has 0 bridgehead atoms. The lowest BCUT2D eigenvalue weighted by molar-refractivity contribution is -0.119. The summed E-state index contributed by atoms with van der Waals surface area (Å²) in [5.41, 5.74) is 1.96. The first-order valence-corrected chi connectivity index (χ1v) is 8.38. The van der Waals surface area contributed by atoms with Crippen molar-refractivity contribution >= 4 is 28.2 Å². The van der Waals surface area contributed by atoms with Crippen molar-refractivity contribution in [1.29, 1.82) is 0 Å². The number of nitrogens with zero attached hydrogens (tertiary/aromatic N) is 2. The van der Waals surface area contributed by atoms with Crippen LogP contribution in [0.4, 0.5) is 5.00 Å². The predicted octanol–water partition coefficient (Wildman–Crippen LogP) is 1.22. The molecule has 5 nitrogen and oxygen atoms in total. The molecule has 2 aliphatic heterocycles. The Kier molecular flexibility index (Phi) is 3.04. The summed E-state index contributed by atoms with van der Waals surface area (Å²) >= 11 is 1.63. The zero-order chi connectivity index (χ0) is 14.6. The van der Waals surface area contributed by atoms with Crippen LogP contribution in [0.2, 0.25) is 0 Å². The van der Waals surface area contributed by atoms with Crippen LogP contribution in [0.3, 0.4) is 0 Å². The van der Waals surface area contributed by atoms with E-state index in [0.717, 1.165) is 36.6 Å². The van der Waals surface area contributed by atoms with E-state index in [0.29, 0.717) is 5.92 Å². The summed E-state index contributed by atoms with van der Waals surface area (Å²) in [6.07, 6.45) is 3.29. The van der Waals surface area contributed by atoms with E-state index < -0.39 is 0 Å². The van der Waals surface area contributed by atoms with Gasteiger partial charge in [-0.05, 0) is 37.3 Å². The number of hydrogen-bond acceptors (Lipinski definition) is 4. The van der Waals surface area contributed by atoms with E-state index in [-0.39, 0.29) is 18.4 Å². The Morgan fingerprint density at radius 1 is 1.33 bits per heavy atom. The van der Waals surface area contributed by atoms with Crippen molar-refractivity contribution in [3.8, 4) is 0 Å². The normalized spacial score (nSPS) is 22.1. The lowest BCUT2D eigenvalue weighted by Gasteiger charge is -2.20. The van der Waals surface area contributed by atoms with Gasteiger partial charge in [0.05, 0.1) is 5.56 Å². The van der Waals surface area contributed by atoms with Gasteiger partial charge >= 0.3 is 0 Å². The van der Waals surface area contributed by atoms with E-state index in [1.54, 1.807) is 23.3 Å². The van der Waals surface area contributed by atoms with Crippen molar-refractivity contribution in [1.82, 2.24) is 10.2 Å². The fourth-order valence-electron chi connectivity index (χ4n) is 3.14. The molecule has 112 valence electrons. The summed E-state index contributed by atoms with van der Waals surface area (Å²) in [6, 6.07) is 0. The van der Waals surface area contributed by atoms with Gasteiger partial charge in [-0.15, -0.1) is 11.3 Å². The SMILES string of the molecule is CN1CC(=O)N(CC2CC2)c2sc3c(c2C1=O)CCNC3. The third-order valence-corrected chi connectivity index (χ3v) is 5.78. The number of carbonyl (C=O) groups is 2. The second-order valence-corrected chi connectivity index (χ2v) is 7.30. The monoisotopic (exact) mass is 305 g/mol. The molecule has 1 aromatic heterocycles. The summed E-state index contributed by atoms with van der Waals surface area (Å²) in [4.78, 5) is 29.9. The van der Waals surface area contributed by atoms with Gasteiger partial charge in [-0.1, -0.05) is 0 Å². The van der Waals surface area contributed by atoms with Crippen molar-refractivity contribution in [2.45, 2.75) is 25.8 Å². The van der Waals surface area contributed by atoms with Gasteiger partial charge in [0.1, 0.15) is 11.5 Å². The van der Waals surface area contributed by atoms with Gasteiger partial charge in [0, 0.05) is 25.0 Å². The molecule has 2 amide bonds. The van der Waals surface area contributed by atoms with Crippen molar-refractivity contribution in [2.24, 2.45) is 5.92 Å². The number of anilines is 1. The predicted molar refractivity (Wildman–Crippen MR) is 81.8 cm³/mol. The molecular weight excluding hydrogens is 286 g/mol. The molecule has 1 saturated carbocycles. The Bertz CT molecular complexity index is 621. The fraction of sp³-hybridized carbons (Fsp3) is 0.600. The summed E-state index contributed by atoms with van der Waals surface area (Å²) in [6.45, 7) is 2.69. The number of nitrogens with one attached hydrogen (secondary N) is 1. The maximum Gasteiger partial charge on any atom is 0.257 e. The second kappa shape index (κ2) is 4.81. The molecule has 21 heavy (non-hydrogen) atoms. The van der Waals surface area contributed by atoms with E-state index in [4.69, 9.17) is 0 Å². The van der Waals surface area contributed by atoms with Crippen LogP contribution in [-0.4, -0.2) is 43.4 Å². The van der Waals surface area contributed by atoms with Gasteiger partial charge < -0.3 is 15.1 Å². The second-order valence-electron chi connectivity index (χ2n) is 6.22. The largest absolute Gasteiger partial charge is 0.332 e. The highest BCUT2D eigenvalue weighted by Gasteiger charge is 2.38. The minimum absolute atomic E-state index is 0.0102. The highest BCUT2D eigenvalue weighted by Crippen LogP contribution is 2.42. The van der Waals surface area contributed by atoms with E-state index >= 15 is 0 Å². The van der Waals surface area contributed by atoms with Crippen molar-refractivity contribution in [3.05, 3.63) is 16.0 Å². The smallest absolute Gasteiger partial charge is 0.257 e. The zero-order valence-electron chi connectivity index (χ0n) is 12.1. The quantitative estimate of drug-likeness (QED) is 0.894. The van der Waals surface area contributed by atoms with Gasteiger partial charge in [-0.25, -0.2) is 0 Å². The lowest BCUT2D eigenvalue weighted by Crippen LogP contribution is -2.38. The minimum atomic E-state index is 0.0102. The Balaban J connectivity index is 1.83. The van der Waals surface area contributed by atoms with Crippen LogP contribution < -0.4 is 10.2 Å². The van der Waals surface area contributed by atoms with Crippen LogP contribution in [0, 0.1) is 5.92 Å². The number of likely N-dealkylation sites (N-methyl/N-ethyl adjacent to an activating group) is 1. The molecule has 1 N–H and O–H groups in total. The van der Waals surface area contributed by atoms with Crippen LogP contribution in [0.15, 0.2) is 0 Å². The molecule has 0 saturated heterocycles. The average Bonchev–Trinajstić information content (AvgIpc) is 3.22. The summed E-state index contributed by atoms with van der Waals surface area (Å²) in [7, 11) is 1.73. The Morgan fingerprint density at radius 2 is 2.14 bits per heavy atom.